The molecule has 0 aromatic carbocycles. The first-order valence-corrected chi connectivity index (χ1v) is 2.78. The van der Waals surface area contributed by atoms with E-state index in [1.807, 2.05) is 0 Å². The van der Waals surface area contributed by atoms with Gasteiger partial charge in [0.1, 0.15) is 0 Å². The Bertz CT molecular complexity index is 146. The molecule has 0 heterocycles. The molecule has 0 aliphatic carbocycles. The standard InChI is InChI=1S/C4H4N2S2.2Na/c5-1-4(8,2-6)3-7;;/h7-8H,3H2;;/q;2*+1/p-2. The molecule has 0 saturated heterocycles. The van der Waals surface area contributed by atoms with E-state index in [1.54, 1.807) is 12.1 Å². The van der Waals surface area contributed by atoms with Gasteiger partial charge < -0.3 is 25.3 Å². The Morgan fingerprint density at radius 2 is 1.50 bits per heavy atom. The van der Waals surface area contributed by atoms with Crippen molar-refractivity contribution in [2.75, 3.05) is 5.75 Å². The van der Waals surface area contributed by atoms with Crippen LogP contribution in [0.4, 0.5) is 0 Å². The minimum absolute atomic E-state index is 0. The summed E-state index contributed by atoms with van der Waals surface area (Å²) < 4.78 is -1.37. The Morgan fingerprint density at radius 3 is 1.50 bits per heavy atom. The molecule has 6 heteroatoms. The van der Waals surface area contributed by atoms with Gasteiger partial charge in [-0.25, -0.2) is 0 Å². The summed E-state index contributed by atoms with van der Waals surface area (Å²) in [6.07, 6.45) is 0. The fourth-order valence-corrected chi connectivity index (χ4v) is 0.219. The molecule has 0 radical (unpaired) electrons. The van der Waals surface area contributed by atoms with Crippen LogP contribution in [0.3, 0.4) is 0 Å². The van der Waals surface area contributed by atoms with Gasteiger partial charge in [-0.15, -0.1) is 0 Å². The van der Waals surface area contributed by atoms with Gasteiger partial charge in [-0.05, 0) is 0 Å². The molecule has 0 amide bonds. The molecule has 0 unspecified atom stereocenters. The molecular formula is C4H2N2Na2S2. The van der Waals surface area contributed by atoms with Crippen LogP contribution < -0.4 is 59.1 Å². The number of rotatable bonds is 1. The largest absolute Gasteiger partial charge is 1.00 e. The van der Waals surface area contributed by atoms with E-state index < -0.39 is 4.75 Å². The van der Waals surface area contributed by atoms with Gasteiger partial charge in [0.15, 0.2) is 0 Å². The molecule has 0 atom stereocenters. The van der Waals surface area contributed by atoms with Crippen LogP contribution in [0.5, 0.6) is 0 Å². The first kappa shape index (κ1) is 17.7. The molecule has 0 spiro atoms. The first-order chi connectivity index (χ1) is 3.68. The molecule has 42 valence electrons. The predicted molar refractivity (Wildman–Crippen MR) is 33.6 cm³/mol. The predicted octanol–water partition coefficient (Wildman–Crippen LogP) is -6.13. The van der Waals surface area contributed by atoms with Crippen molar-refractivity contribution in [3.8, 4) is 12.1 Å². The summed E-state index contributed by atoms with van der Waals surface area (Å²) in [5.41, 5.74) is 0. The second-order valence-corrected chi connectivity index (χ2v) is 2.18. The normalized spacial score (nSPS) is 7.60. The van der Waals surface area contributed by atoms with Gasteiger partial charge >= 0.3 is 59.1 Å². The maximum Gasteiger partial charge on any atom is 1.00 e. The molecule has 2 nitrogen and oxygen atoms in total. The summed E-state index contributed by atoms with van der Waals surface area (Å²) in [5.74, 6) is -0.00463. The third-order valence-electron chi connectivity index (χ3n) is 0.564. The zero-order valence-corrected chi connectivity index (χ0v) is 11.6. The molecular weight excluding hydrogens is 186 g/mol. The van der Waals surface area contributed by atoms with Crippen LogP contribution in [0.2, 0.25) is 0 Å². The molecule has 0 aromatic rings. The topological polar surface area (TPSA) is 47.6 Å². The zero-order chi connectivity index (χ0) is 6.62. The number of hydrogen-bond donors (Lipinski definition) is 0. The second-order valence-electron chi connectivity index (χ2n) is 1.19. The minimum atomic E-state index is -1.37. The summed E-state index contributed by atoms with van der Waals surface area (Å²) in [6.45, 7) is 0. The molecule has 0 fully saturated rings. The van der Waals surface area contributed by atoms with Crippen LogP contribution in [0.25, 0.3) is 0 Å². The zero-order valence-electron chi connectivity index (χ0n) is 5.92. The van der Waals surface area contributed by atoms with E-state index in [-0.39, 0.29) is 64.9 Å². The van der Waals surface area contributed by atoms with Crippen molar-refractivity contribution in [1.82, 2.24) is 0 Å². The molecule has 0 bridgehead atoms. The number of nitrogens with zero attached hydrogens (tertiary/aromatic N) is 2. The molecule has 0 N–H and O–H groups in total. The van der Waals surface area contributed by atoms with Crippen molar-refractivity contribution in [3.63, 3.8) is 0 Å². The van der Waals surface area contributed by atoms with E-state index >= 15 is 0 Å². The van der Waals surface area contributed by atoms with Gasteiger partial charge in [-0.1, -0.05) is 0 Å². The average molecular weight is 188 g/mol. The van der Waals surface area contributed by atoms with E-state index in [0.717, 1.165) is 0 Å². The third kappa shape index (κ3) is 6.39. The van der Waals surface area contributed by atoms with Gasteiger partial charge in [0, 0.05) is 4.75 Å². The van der Waals surface area contributed by atoms with Crippen molar-refractivity contribution in [2.45, 2.75) is 4.75 Å². The average Bonchev–Trinajstić information content (AvgIpc) is 1.87. The Labute approximate surface area is 116 Å². The fourth-order valence-electron chi connectivity index (χ4n) is 0.0895. The smallest absolute Gasteiger partial charge is 0.792 e. The van der Waals surface area contributed by atoms with Gasteiger partial charge in [-0.3, -0.25) is 0 Å². The fraction of sp³-hybridized carbons (Fsp3) is 0.500. The summed E-state index contributed by atoms with van der Waals surface area (Å²) in [7, 11) is 0. The van der Waals surface area contributed by atoms with Gasteiger partial charge in [0.25, 0.3) is 0 Å². The van der Waals surface area contributed by atoms with E-state index in [4.69, 9.17) is 10.5 Å². The summed E-state index contributed by atoms with van der Waals surface area (Å²) in [6, 6.07) is 3.25. The van der Waals surface area contributed by atoms with Crippen molar-refractivity contribution in [1.29, 1.82) is 10.5 Å². The minimum Gasteiger partial charge on any atom is -0.792 e. The van der Waals surface area contributed by atoms with Crippen LogP contribution in [-0.2, 0) is 25.3 Å². The molecule has 0 aliphatic rings. The van der Waals surface area contributed by atoms with Gasteiger partial charge in [0.05, 0.1) is 12.1 Å². The molecule has 10 heavy (non-hydrogen) atoms. The van der Waals surface area contributed by atoms with E-state index in [2.05, 4.69) is 25.3 Å². The SMILES string of the molecule is N#CC([S-])(C#N)C[S-].[Na+].[Na+]. The van der Waals surface area contributed by atoms with E-state index in [9.17, 15) is 0 Å². The van der Waals surface area contributed by atoms with Crippen LogP contribution >= 0.6 is 0 Å². The summed E-state index contributed by atoms with van der Waals surface area (Å²) in [5, 5.41) is 16.3. The number of hydrogen-bond acceptors (Lipinski definition) is 4. The van der Waals surface area contributed by atoms with Crippen molar-refractivity contribution >= 4 is 25.3 Å². The quantitative estimate of drug-likeness (QED) is 0.303. The second kappa shape index (κ2) is 8.77. The molecule has 0 saturated carbocycles. The van der Waals surface area contributed by atoms with Crippen LogP contribution in [0.15, 0.2) is 0 Å². The third-order valence-corrected chi connectivity index (χ3v) is 1.51. The van der Waals surface area contributed by atoms with Crippen molar-refractivity contribution in [2.24, 2.45) is 0 Å². The molecule has 0 rings (SSSR count). The van der Waals surface area contributed by atoms with E-state index in [1.165, 1.54) is 0 Å². The Balaban J connectivity index is -0.000000245. The van der Waals surface area contributed by atoms with Crippen LogP contribution in [-0.4, -0.2) is 10.5 Å². The summed E-state index contributed by atoms with van der Waals surface area (Å²) >= 11 is 8.92. The maximum atomic E-state index is 8.14. The maximum absolute atomic E-state index is 8.14. The van der Waals surface area contributed by atoms with Crippen molar-refractivity contribution < 1.29 is 59.1 Å². The van der Waals surface area contributed by atoms with Crippen LogP contribution in [0, 0.1) is 22.7 Å². The Hall–Kier alpha value is 1.68. The number of nitriles is 2. The first-order valence-electron chi connectivity index (χ1n) is 1.79. The monoisotopic (exact) mass is 188 g/mol. The Morgan fingerprint density at radius 1 is 1.20 bits per heavy atom. The van der Waals surface area contributed by atoms with Gasteiger partial charge in [-0.2, -0.15) is 16.3 Å². The van der Waals surface area contributed by atoms with Gasteiger partial charge in [0.2, 0.25) is 0 Å². The van der Waals surface area contributed by atoms with E-state index in [0.29, 0.717) is 0 Å². The summed E-state index contributed by atoms with van der Waals surface area (Å²) in [4.78, 5) is 0. The van der Waals surface area contributed by atoms with Crippen LogP contribution in [0.1, 0.15) is 0 Å². The van der Waals surface area contributed by atoms with Crippen molar-refractivity contribution in [3.05, 3.63) is 0 Å². The molecule has 0 aliphatic heterocycles. The Kier molecular flexibility index (Phi) is 15.5. The molecule has 0 aromatic heterocycles.